The van der Waals surface area contributed by atoms with Crippen molar-refractivity contribution in [2.45, 2.75) is 19.8 Å². The third-order valence-electron chi connectivity index (χ3n) is 3.01. The molecule has 1 aliphatic rings. The Morgan fingerprint density at radius 1 is 1.50 bits per heavy atom. The number of halogens is 1. The van der Waals surface area contributed by atoms with Gasteiger partial charge in [0.15, 0.2) is 0 Å². The molecule has 1 aliphatic heterocycles. The lowest BCUT2D eigenvalue weighted by atomic mass is 10.0. The van der Waals surface area contributed by atoms with Crippen molar-refractivity contribution < 1.29 is 4.74 Å². The summed E-state index contributed by atoms with van der Waals surface area (Å²) in [5.74, 6) is 1.60. The van der Waals surface area contributed by atoms with Crippen molar-refractivity contribution in [3.8, 4) is 5.75 Å². The molecule has 0 bridgehead atoms. The van der Waals surface area contributed by atoms with Gasteiger partial charge in [0.05, 0.1) is 6.61 Å². The number of nitrogens with one attached hydrogen (secondary N) is 1. The fourth-order valence-electron chi connectivity index (χ4n) is 2.05. The van der Waals surface area contributed by atoms with Gasteiger partial charge in [-0.15, -0.1) is 0 Å². The molecule has 1 fully saturated rings. The van der Waals surface area contributed by atoms with Crippen LogP contribution in [0.3, 0.4) is 0 Å². The molecule has 3 heteroatoms. The molecular weight excluding hydrogens is 222 g/mol. The maximum atomic E-state index is 5.90. The van der Waals surface area contributed by atoms with E-state index in [1.807, 2.05) is 25.1 Å². The van der Waals surface area contributed by atoms with E-state index >= 15 is 0 Å². The van der Waals surface area contributed by atoms with E-state index in [1.165, 1.54) is 12.8 Å². The van der Waals surface area contributed by atoms with Crippen molar-refractivity contribution in [2.24, 2.45) is 5.92 Å². The maximum Gasteiger partial charge on any atom is 0.122 e. The standard InChI is InChI=1S/C13H18ClNO/c1-10-7-12(14)4-5-13(10)16-9-11-3-2-6-15-8-11/h4-5,7,11,15H,2-3,6,8-9H2,1H3/t11-/m1/s1. The molecule has 0 unspecified atom stereocenters. The van der Waals surface area contributed by atoms with Crippen LogP contribution in [0.5, 0.6) is 5.75 Å². The van der Waals surface area contributed by atoms with Crippen LogP contribution in [0.15, 0.2) is 18.2 Å². The van der Waals surface area contributed by atoms with E-state index in [0.29, 0.717) is 5.92 Å². The van der Waals surface area contributed by atoms with Crippen LogP contribution in [0.2, 0.25) is 5.02 Å². The smallest absolute Gasteiger partial charge is 0.122 e. The van der Waals surface area contributed by atoms with Gasteiger partial charge in [-0.3, -0.25) is 0 Å². The largest absolute Gasteiger partial charge is 0.493 e. The molecule has 1 aromatic rings. The van der Waals surface area contributed by atoms with Crippen molar-refractivity contribution in [3.05, 3.63) is 28.8 Å². The zero-order valence-electron chi connectivity index (χ0n) is 9.63. The molecule has 88 valence electrons. The van der Waals surface area contributed by atoms with Crippen LogP contribution in [0.25, 0.3) is 0 Å². The quantitative estimate of drug-likeness (QED) is 0.876. The van der Waals surface area contributed by atoms with Gasteiger partial charge in [0, 0.05) is 17.5 Å². The molecule has 0 aliphatic carbocycles. The van der Waals surface area contributed by atoms with Gasteiger partial charge in [-0.1, -0.05) is 11.6 Å². The van der Waals surface area contributed by atoms with E-state index in [1.54, 1.807) is 0 Å². The summed E-state index contributed by atoms with van der Waals surface area (Å²) in [6.45, 7) is 5.05. The predicted molar refractivity (Wildman–Crippen MR) is 67.3 cm³/mol. The topological polar surface area (TPSA) is 21.3 Å². The average molecular weight is 240 g/mol. The number of hydrogen-bond acceptors (Lipinski definition) is 2. The summed E-state index contributed by atoms with van der Waals surface area (Å²) in [4.78, 5) is 0. The van der Waals surface area contributed by atoms with Crippen LogP contribution in [0.1, 0.15) is 18.4 Å². The second-order valence-corrected chi connectivity index (χ2v) is 4.87. The molecule has 1 aromatic carbocycles. The van der Waals surface area contributed by atoms with E-state index < -0.39 is 0 Å². The van der Waals surface area contributed by atoms with Gasteiger partial charge in [0.25, 0.3) is 0 Å². The highest BCUT2D eigenvalue weighted by Crippen LogP contribution is 2.23. The predicted octanol–water partition coefficient (Wildman–Crippen LogP) is 3.03. The van der Waals surface area contributed by atoms with Gasteiger partial charge < -0.3 is 10.1 Å². The summed E-state index contributed by atoms with van der Waals surface area (Å²) in [5.41, 5.74) is 1.11. The lowest BCUT2D eigenvalue weighted by Crippen LogP contribution is -2.33. The zero-order valence-corrected chi connectivity index (χ0v) is 10.4. The van der Waals surface area contributed by atoms with E-state index in [2.05, 4.69) is 5.32 Å². The first-order valence-electron chi connectivity index (χ1n) is 5.85. The molecule has 1 N–H and O–H groups in total. The fraction of sp³-hybridized carbons (Fsp3) is 0.538. The third kappa shape index (κ3) is 3.13. The van der Waals surface area contributed by atoms with Gasteiger partial charge in [0.1, 0.15) is 5.75 Å². The molecule has 0 aromatic heterocycles. The summed E-state index contributed by atoms with van der Waals surface area (Å²) >= 11 is 5.90. The highest BCUT2D eigenvalue weighted by molar-refractivity contribution is 6.30. The van der Waals surface area contributed by atoms with Gasteiger partial charge in [-0.05, 0) is 50.1 Å². The summed E-state index contributed by atoms with van der Waals surface area (Å²) in [5, 5.41) is 4.16. The molecule has 2 nitrogen and oxygen atoms in total. The Morgan fingerprint density at radius 2 is 2.38 bits per heavy atom. The van der Waals surface area contributed by atoms with Crippen molar-refractivity contribution in [2.75, 3.05) is 19.7 Å². The molecule has 16 heavy (non-hydrogen) atoms. The lowest BCUT2D eigenvalue weighted by molar-refractivity contribution is 0.217. The minimum atomic E-state index is 0.642. The van der Waals surface area contributed by atoms with E-state index in [4.69, 9.17) is 16.3 Å². The highest BCUT2D eigenvalue weighted by atomic mass is 35.5. The molecule has 0 radical (unpaired) electrons. The van der Waals surface area contributed by atoms with Crippen LogP contribution in [0, 0.1) is 12.8 Å². The van der Waals surface area contributed by atoms with Crippen molar-refractivity contribution >= 4 is 11.6 Å². The van der Waals surface area contributed by atoms with Crippen LogP contribution >= 0.6 is 11.6 Å². The number of piperidine rings is 1. The summed E-state index contributed by atoms with van der Waals surface area (Å²) in [6.07, 6.45) is 2.52. The van der Waals surface area contributed by atoms with Gasteiger partial charge >= 0.3 is 0 Å². The second-order valence-electron chi connectivity index (χ2n) is 4.43. The zero-order chi connectivity index (χ0) is 11.4. The van der Waals surface area contributed by atoms with E-state index in [0.717, 1.165) is 36.0 Å². The Bertz CT molecular complexity index is 348. The lowest BCUT2D eigenvalue weighted by Gasteiger charge is -2.23. The van der Waals surface area contributed by atoms with Crippen LogP contribution in [-0.2, 0) is 0 Å². The Kier molecular flexibility index (Phi) is 4.08. The third-order valence-corrected chi connectivity index (χ3v) is 3.25. The highest BCUT2D eigenvalue weighted by Gasteiger charge is 2.13. The fourth-order valence-corrected chi connectivity index (χ4v) is 2.28. The van der Waals surface area contributed by atoms with Gasteiger partial charge in [0.2, 0.25) is 0 Å². The van der Waals surface area contributed by atoms with Crippen LogP contribution < -0.4 is 10.1 Å². The van der Waals surface area contributed by atoms with E-state index in [-0.39, 0.29) is 0 Å². The normalized spacial score (nSPS) is 20.8. The molecule has 0 spiro atoms. The number of benzene rings is 1. The number of ether oxygens (including phenoxy) is 1. The number of aryl methyl sites for hydroxylation is 1. The van der Waals surface area contributed by atoms with Crippen molar-refractivity contribution in [1.29, 1.82) is 0 Å². The molecule has 1 heterocycles. The molecule has 2 rings (SSSR count). The SMILES string of the molecule is Cc1cc(Cl)ccc1OC[C@@H]1CCCNC1. The molecule has 1 saturated heterocycles. The molecular formula is C13H18ClNO. The summed E-state index contributed by atoms with van der Waals surface area (Å²) in [6, 6.07) is 5.77. The molecule has 0 saturated carbocycles. The van der Waals surface area contributed by atoms with Crippen molar-refractivity contribution in [1.82, 2.24) is 5.32 Å². The Balaban J connectivity index is 1.88. The number of hydrogen-bond donors (Lipinski definition) is 1. The first-order valence-corrected chi connectivity index (χ1v) is 6.23. The van der Waals surface area contributed by atoms with Crippen LogP contribution in [-0.4, -0.2) is 19.7 Å². The number of rotatable bonds is 3. The Labute approximate surface area is 102 Å². The van der Waals surface area contributed by atoms with E-state index in [9.17, 15) is 0 Å². The van der Waals surface area contributed by atoms with Gasteiger partial charge in [-0.2, -0.15) is 0 Å². The molecule has 0 amide bonds. The molecule has 1 atom stereocenters. The monoisotopic (exact) mass is 239 g/mol. The second kappa shape index (κ2) is 5.55. The average Bonchev–Trinajstić information content (AvgIpc) is 2.29. The first-order chi connectivity index (χ1) is 7.75. The minimum absolute atomic E-state index is 0.642. The van der Waals surface area contributed by atoms with Gasteiger partial charge in [-0.25, -0.2) is 0 Å². The summed E-state index contributed by atoms with van der Waals surface area (Å²) < 4.78 is 5.83. The minimum Gasteiger partial charge on any atom is -0.493 e. The first kappa shape index (κ1) is 11.7. The van der Waals surface area contributed by atoms with Crippen LogP contribution in [0.4, 0.5) is 0 Å². The van der Waals surface area contributed by atoms with Crippen molar-refractivity contribution in [3.63, 3.8) is 0 Å². The maximum absolute atomic E-state index is 5.90. The Morgan fingerprint density at radius 3 is 3.06 bits per heavy atom. The summed E-state index contributed by atoms with van der Waals surface area (Å²) in [7, 11) is 0. The Hall–Kier alpha value is -0.730.